The Bertz CT molecular complexity index is 781. The highest BCUT2D eigenvalue weighted by atomic mass is 32.2. The molecule has 1 heterocycles. The number of carbonyl (C=O) groups is 1. The fourth-order valence-corrected chi connectivity index (χ4v) is 2.86. The highest BCUT2D eigenvalue weighted by Crippen LogP contribution is 2.33. The fourth-order valence-electron chi connectivity index (χ4n) is 1.93. The molecule has 1 amide bonds. The Morgan fingerprint density at radius 3 is 2.86 bits per heavy atom. The van der Waals surface area contributed by atoms with Gasteiger partial charge in [0.25, 0.3) is 11.1 Å². The molecule has 5 nitrogen and oxygen atoms in total. The summed E-state index contributed by atoms with van der Waals surface area (Å²) >= 11 is 1.28. The number of rotatable bonds is 3. The smallest absolute Gasteiger partial charge is 0.261 e. The maximum Gasteiger partial charge on any atom is 0.261 e. The van der Waals surface area contributed by atoms with Crippen LogP contribution in [0.15, 0.2) is 57.0 Å². The molecule has 0 atom stereocenters. The average Bonchev–Trinajstić information content (AvgIpc) is 2.89. The Hall–Kier alpha value is -2.47. The van der Waals surface area contributed by atoms with E-state index in [0.29, 0.717) is 27.0 Å². The maximum absolute atomic E-state index is 11.9. The van der Waals surface area contributed by atoms with Gasteiger partial charge in [0.05, 0.1) is 5.56 Å². The number of carbonyl (C=O) groups excluding carboxylic acids is 1. The van der Waals surface area contributed by atoms with Gasteiger partial charge in [-0.3, -0.25) is 4.79 Å². The molecule has 1 aromatic heterocycles. The summed E-state index contributed by atoms with van der Waals surface area (Å²) in [6.07, 6.45) is 0. The minimum absolute atomic E-state index is 0.173. The van der Waals surface area contributed by atoms with Crippen LogP contribution in [0.3, 0.4) is 0 Å². The number of hydrogen-bond donors (Lipinski definition) is 2. The molecule has 0 unspecified atom stereocenters. The molecular weight excluding hydrogens is 286 g/mol. The van der Waals surface area contributed by atoms with Crippen LogP contribution >= 0.6 is 11.8 Å². The van der Waals surface area contributed by atoms with Gasteiger partial charge >= 0.3 is 0 Å². The standard InChI is InChI=1S/C15H13N3O2S/c1-17-14(19)10-7-6-9(16)8-13(10)21-15-18-11-4-2-3-5-12(11)20-15/h2-8H,16H2,1H3,(H,17,19). The molecule has 0 aliphatic rings. The van der Waals surface area contributed by atoms with Crippen LogP contribution in [0.4, 0.5) is 5.69 Å². The van der Waals surface area contributed by atoms with Crippen LogP contribution in [0.5, 0.6) is 0 Å². The van der Waals surface area contributed by atoms with Crippen LogP contribution in [0.2, 0.25) is 0 Å². The molecule has 0 saturated carbocycles. The molecular formula is C15H13N3O2S. The van der Waals surface area contributed by atoms with Gasteiger partial charge in [0.2, 0.25) is 0 Å². The van der Waals surface area contributed by atoms with E-state index in [2.05, 4.69) is 10.3 Å². The van der Waals surface area contributed by atoms with E-state index in [-0.39, 0.29) is 5.91 Å². The predicted molar refractivity (Wildman–Crippen MR) is 82.4 cm³/mol. The number of amides is 1. The molecule has 0 radical (unpaired) electrons. The fraction of sp³-hybridized carbons (Fsp3) is 0.0667. The molecule has 3 rings (SSSR count). The molecule has 0 saturated heterocycles. The first-order valence-corrected chi connectivity index (χ1v) is 7.14. The number of nitrogens with one attached hydrogen (secondary N) is 1. The molecule has 21 heavy (non-hydrogen) atoms. The lowest BCUT2D eigenvalue weighted by atomic mass is 10.2. The van der Waals surface area contributed by atoms with E-state index in [1.165, 1.54) is 11.8 Å². The van der Waals surface area contributed by atoms with Crippen molar-refractivity contribution in [2.24, 2.45) is 0 Å². The van der Waals surface area contributed by atoms with E-state index >= 15 is 0 Å². The summed E-state index contributed by atoms with van der Waals surface area (Å²) < 4.78 is 5.66. The van der Waals surface area contributed by atoms with Crippen molar-refractivity contribution in [3.05, 3.63) is 48.0 Å². The van der Waals surface area contributed by atoms with Gasteiger partial charge in [-0.25, -0.2) is 4.98 Å². The Kier molecular flexibility index (Phi) is 3.53. The van der Waals surface area contributed by atoms with Crippen molar-refractivity contribution in [2.75, 3.05) is 12.8 Å². The third-order valence-corrected chi connectivity index (χ3v) is 3.86. The second kappa shape index (κ2) is 5.49. The topological polar surface area (TPSA) is 81.2 Å². The molecule has 3 N–H and O–H groups in total. The first kappa shape index (κ1) is 13.5. The van der Waals surface area contributed by atoms with Crippen LogP contribution in [0.1, 0.15) is 10.4 Å². The SMILES string of the molecule is CNC(=O)c1ccc(N)cc1Sc1nc2ccccc2o1. The van der Waals surface area contributed by atoms with Crippen molar-refractivity contribution in [2.45, 2.75) is 10.1 Å². The number of para-hydroxylation sites is 2. The van der Waals surface area contributed by atoms with Crippen molar-refractivity contribution >= 4 is 34.5 Å². The van der Waals surface area contributed by atoms with Gasteiger partial charge in [-0.1, -0.05) is 12.1 Å². The van der Waals surface area contributed by atoms with Crippen LogP contribution in [-0.4, -0.2) is 17.9 Å². The Balaban J connectivity index is 2.00. The normalized spacial score (nSPS) is 10.7. The van der Waals surface area contributed by atoms with Crippen LogP contribution < -0.4 is 11.1 Å². The van der Waals surface area contributed by atoms with Gasteiger partial charge in [0.15, 0.2) is 5.58 Å². The summed E-state index contributed by atoms with van der Waals surface area (Å²) in [6.45, 7) is 0. The van der Waals surface area contributed by atoms with Crippen molar-refractivity contribution in [1.82, 2.24) is 10.3 Å². The number of nitrogens with two attached hydrogens (primary N) is 1. The van der Waals surface area contributed by atoms with Gasteiger partial charge < -0.3 is 15.5 Å². The molecule has 6 heteroatoms. The van der Waals surface area contributed by atoms with Crippen LogP contribution in [0.25, 0.3) is 11.1 Å². The third kappa shape index (κ3) is 2.71. The lowest BCUT2D eigenvalue weighted by molar-refractivity contribution is 0.0960. The molecule has 0 aliphatic heterocycles. The van der Waals surface area contributed by atoms with Crippen molar-refractivity contribution < 1.29 is 9.21 Å². The lowest BCUT2D eigenvalue weighted by Gasteiger charge is -2.07. The Morgan fingerprint density at radius 2 is 2.10 bits per heavy atom. The summed E-state index contributed by atoms with van der Waals surface area (Å²) in [6, 6.07) is 12.6. The summed E-state index contributed by atoms with van der Waals surface area (Å²) in [5.74, 6) is -0.173. The highest BCUT2D eigenvalue weighted by molar-refractivity contribution is 7.99. The molecule has 3 aromatic rings. The van der Waals surface area contributed by atoms with E-state index < -0.39 is 0 Å². The number of oxazole rings is 1. The van der Waals surface area contributed by atoms with Crippen molar-refractivity contribution in [1.29, 1.82) is 0 Å². The summed E-state index contributed by atoms with van der Waals surface area (Å²) in [7, 11) is 1.59. The van der Waals surface area contributed by atoms with E-state index in [4.69, 9.17) is 10.2 Å². The predicted octanol–water partition coefficient (Wildman–Crippen LogP) is 2.92. The number of fused-ring (bicyclic) bond motifs is 1. The molecule has 106 valence electrons. The Labute approximate surface area is 125 Å². The van der Waals surface area contributed by atoms with Crippen molar-refractivity contribution in [3.63, 3.8) is 0 Å². The molecule has 0 spiro atoms. The van der Waals surface area contributed by atoms with E-state index in [1.807, 2.05) is 24.3 Å². The van der Waals surface area contributed by atoms with E-state index in [1.54, 1.807) is 25.2 Å². The minimum atomic E-state index is -0.173. The van der Waals surface area contributed by atoms with Gasteiger partial charge in [-0.15, -0.1) is 0 Å². The Morgan fingerprint density at radius 1 is 1.29 bits per heavy atom. The first-order chi connectivity index (χ1) is 10.2. The monoisotopic (exact) mass is 299 g/mol. The van der Waals surface area contributed by atoms with E-state index in [0.717, 1.165) is 5.52 Å². The van der Waals surface area contributed by atoms with Crippen LogP contribution in [-0.2, 0) is 0 Å². The second-order valence-corrected chi connectivity index (χ2v) is 5.38. The highest BCUT2D eigenvalue weighted by Gasteiger charge is 2.14. The number of benzene rings is 2. The average molecular weight is 299 g/mol. The quantitative estimate of drug-likeness (QED) is 0.727. The third-order valence-electron chi connectivity index (χ3n) is 2.95. The molecule has 0 bridgehead atoms. The summed E-state index contributed by atoms with van der Waals surface area (Å²) in [4.78, 5) is 17.0. The van der Waals surface area contributed by atoms with Gasteiger partial charge in [-0.05, 0) is 42.1 Å². The first-order valence-electron chi connectivity index (χ1n) is 6.32. The zero-order valence-electron chi connectivity index (χ0n) is 11.3. The minimum Gasteiger partial charge on any atom is -0.431 e. The van der Waals surface area contributed by atoms with Gasteiger partial charge in [0, 0.05) is 17.6 Å². The van der Waals surface area contributed by atoms with Gasteiger partial charge in [0.1, 0.15) is 5.52 Å². The summed E-state index contributed by atoms with van der Waals surface area (Å²) in [5, 5.41) is 3.09. The molecule has 0 fully saturated rings. The molecule has 2 aromatic carbocycles. The van der Waals surface area contributed by atoms with Crippen LogP contribution in [0, 0.1) is 0 Å². The number of nitrogen functional groups attached to an aromatic ring is 1. The van der Waals surface area contributed by atoms with Crippen molar-refractivity contribution in [3.8, 4) is 0 Å². The number of aromatic nitrogens is 1. The number of hydrogen-bond acceptors (Lipinski definition) is 5. The summed E-state index contributed by atoms with van der Waals surface area (Å²) in [5.41, 5.74) is 8.42. The zero-order chi connectivity index (χ0) is 14.8. The number of anilines is 1. The lowest BCUT2D eigenvalue weighted by Crippen LogP contribution is -2.18. The number of nitrogens with zero attached hydrogens (tertiary/aromatic N) is 1. The second-order valence-electron chi connectivity index (χ2n) is 4.38. The van der Waals surface area contributed by atoms with Gasteiger partial charge in [-0.2, -0.15) is 0 Å². The largest absolute Gasteiger partial charge is 0.431 e. The molecule has 0 aliphatic carbocycles. The van der Waals surface area contributed by atoms with E-state index in [9.17, 15) is 4.79 Å². The zero-order valence-corrected chi connectivity index (χ0v) is 12.1. The maximum atomic E-state index is 11.9.